The first kappa shape index (κ1) is 10.4. The molecule has 1 aromatic carbocycles. The van der Waals surface area contributed by atoms with Gasteiger partial charge in [-0.2, -0.15) is 0 Å². The van der Waals surface area contributed by atoms with Crippen LogP contribution in [0.5, 0.6) is 0 Å². The van der Waals surface area contributed by atoms with Crippen LogP contribution in [0.4, 0.5) is 0 Å². The highest BCUT2D eigenvalue weighted by atomic mass is 35.5. The molecule has 2 aromatic rings. The van der Waals surface area contributed by atoms with Gasteiger partial charge in [-0.1, -0.05) is 50.6 Å². The minimum absolute atomic E-state index is 0.0358. The van der Waals surface area contributed by atoms with Crippen LogP contribution in [0.3, 0.4) is 0 Å². The van der Waals surface area contributed by atoms with Gasteiger partial charge in [-0.3, -0.25) is 0 Å². The van der Waals surface area contributed by atoms with E-state index in [1.807, 2.05) is 18.2 Å². The molecule has 0 atom stereocenters. The molecule has 0 amide bonds. The second-order valence-corrected chi connectivity index (χ2v) is 5.13. The lowest BCUT2D eigenvalue weighted by molar-refractivity contribution is 0.589. The van der Waals surface area contributed by atoms with Gasteiger partial charge in [-0.15, -0.1) is 0 Å². The summed E-state index contributed by atoms with van der Waals surface area (Å²) in [4.78, 5) is 4.41. The average molecular weight is 220 g/mol. The van der Waals surface area contributed by atoms with Crippen molar-refractivity contribution in [1.82, 2.24) is 4.98 Å². The molecule has 2 rings (SSSR count). The van der Waals surface area contributed by atoms with Crippen molar-refractivity contribution in [2.45, 2.75) is 26.2 Å². The first-order valence-corrected chi connectivity index (χ1v) is 5.42. The summed E-state index contributed by atoms with van der Waals surface area (Å²) in [7, 11) is 0. The smallest absolute Gasteiger partial charge is 0.133 e. The van der Waals surface area contributed by atoms with E-state index in [4.69, 9.17) is 11.6 Å². The highest BCUT2D eigenvalue weighted by molar-refractivity contribution is 6.30. The van der Waals surface area contributed by atoms with E-state index in [-0.39, 0.29) is 5.41 Å². The molecule has 0 aliphatic rings. The Bertz CT molecular complexity index is 497. The number of rotatable bonds is 0. The van der Waals surface area contributed by atoms with Crippen LogP contribution in [0.25, 0.3) is 10.9 Å². The van der Waals surface area contributed by atoms with E-state index in [0.717, 1.165) is 16.5 Å². The molecule has 78 valence electrons. The first-order valence-electron chi connectivity index (χ1n) is 5.04. The average Bonchev–Trinajstić information content (AvgIpc) is 2.15. The van der Waals surface area contributed by atoms with Crippen LogP contribution >= 0.6 is 11.6 Å². The second kappa shape index (κ2) is 3.49. The van der Waals surface area contributed by atoms with Gasteiger partial charge in [0.1, 0.15) is 5.15 Å². The lowest BCUT2D eigenvalue weighted by Crippen LogP contribution is -2.12. The Hall–Kier alpha value is -1.08. The van der Waals surface area contributed by atoms with Crippen LogP contribution in [-0.2, 0) is 5.41 Å². The van der Waals surface area contributed by atoms with E-state index in [1.54, 1.807) is 0 Å². The van der Waals surface area contributed by atoms with Crippen molar-refractivity contribution in [2.75, 3.05) is 0 Å². The maximum absolute atomic E-state index is 6.18. The number of nitrogens with zero attached hydrogens (tertiary/aromatic N) is 1. The summed E-state index contributed by atoms with van der Waals surface area (Å²) in [5.74, 6) is 0. The largest absolute Gasteiger partial charge is 0.236 e. The van der Waals surface area contributed by atoms with Gasteiger partial charge < -0.3 is 0 Å². The zero-order valence-corrected chi connectivity index (χ0v) is 9.97. The number of fused-ring (bicyclic) bond motifs is 1. The van der Waals surface area contributed by atoms with E-state index in [0.29, 0.717) is 5.15 Å². The van der Waals surface area contributed by atoms with Crippen molar-refractivity contribution in [2.24, 2.45) is 0 Å². The number of para-hydroxylation sites is 1. The van der Waals surface area contributed by atoms with Crippen molar-refractivity contribution >= 4 is 22.5 Å². The Morgan fingerprint density at radius 1 is 1.13 bits per heavy atom. The molecule has 15 heavy (non-hydrogen) atoms. The van der Waals surface area contributed by atoms with Gasteiger partial charge in [0.15, 0.2) is 0 Å². The van der Waals surface area contributed by atoms with Crippen molar-refractivity contribution in [3.05, 3.63) is 41.0 Å². The molecule has 0 saturated heterocycles. The van der Waals surface area contributed by atoms with Crippen LogP contribution in [0, 0.1) is 0 Å². The lowest BCUT2D eigenvalue weighted by atomic mass is 9.87. The Morgan fingerprint density at radius 3 is 2.47 bits per heavy atom. The Kier molecular flexibility index (Phi) is 2.43. The maximum Gasteiger partial charge on any atom is 0.133 e. The van der Waals surface area contributed by atoms with Gasteiger partial charge in [0, 0.05) is 5.39 Å². The fourth-order valence-corrected chi connectivity index (χ4v) is 2.05. The molecule has 1 heterocycles. The van der Waals surface area contributed by atoms with Crippen molar-refractivity contribution < 1.29 is 0 Å². The highest BCUT2D eigenvalue weighted by Crippen LogP contribution is 2.30. The summed E-state index contributed by atoms with van der Waals surface area (Å²) in [6, 6.07) is 10.2. The predicted molar refractivity (Wildman–Crippen MR) is 65.5 cm³/mol. The minimum Gasteiger partial charge on any atom is -0.236 e. The number of benzene rings is 1. The van der Waals surface area contributed by atoms with Crippen molar-refractivity contribution in [3.63, 3.8) is 0 Å². The molecule has 0 aliphatic carbocycles. The summed E-state index contributed by atoms with van der Waals surface area (Å²) in [6.07, 6.45) is 0. The van der Waals surface area contributed by atoms with E-state index < -0.39 is 0 Å². The monoisotopic (exact) mass is 219 g/mol. The molecule has 0 bridgehead atoms. The quantitative estimate of drug-likeness (QED) is 0.606. The molecule has 1 aromatic heterocycles. The normalized spacial score (nSPS) is 12.0. The maximum atomic E-state index is 6.18. The summed E-state index contributed by atoms with van der Waals surface area (Å²) in [6.45, 7) is 6.43. The second-order valence-electron chi connectivity index (χ2n) is 4.77. The third-order valence-electron chi connectivity index (χ3n) is 2.49. The Labute approximate surface area is 95.1 Å². The van der Waals surface area contributed by atoms with Gasteiger partial charge >= 0.3 is 0 Å². The van der Waals surface area contributed by atoms with Crippen molar-refractivity contribution in [1.29, 1.82) is 0 Å². The van der Waals surface area contributed by atoms with Gasteiger partial charge in [0.05, 0.1) is 5.52 Å². The van der Waals surface area contributed by atoms with Gasteiger partial charge in [-0.25, -0.2) is 4.98 Å². The van der Waals surface area contributed by atoms with Crippen LogP contribution in [0.1, 0.15) is 26.3 Å². The van der Waals surface area contributed by atoms with E-state index >= 15 is 0 Å². The number of aromatic nitrogens is 1. The highest BCUT2D eigenvalue weighted by Gasteiger charge is 2.18. The molecule has 0 aliphatic heterocycles. The summed E-state index contributed by atoms with van der Waals surface area (Å²) in [5, 5.41) is 1.76. The first-order chi connectivity index (χ1) is 6.98. The molecule has 0 saturated carbocycles. The minimum atomic E-state index is 0.0358. The van der Waals surface area contributed by atoms with Gasteiger partial charge in [-0.05, 0) is 23.1 Å². The van der Waals surface area contributed by atoms with Crippen LogP contribution in [0.15, 0.2) is 30.3 Å². The lowest BCUT2D eigenvalue weighted by Gasteiger charge is -2.20. The molecule has 0 spiro atoms. The SMILES string of the molecule is CC(C)(C)c1cc2ccccc2nc1Cl. The van der Waals surface area contributed by atoms with Crippen LogP contribution in [0.2, 0.25) is 5.15 Å². The van der Waals surface area contributed by atoms with E-state index in [1.165, 1.54) is 0 Å². The van der Waals surface area contributed by atoms with Crippen LogP contribution < -0.4 is 0 Å². The number of hydrogen-bond acceptors (Lipinski definition) is 1. The Morgan fingerprint density at radius 2 is 1.80 bits per heavy atom. The number of hydrogen-bond donors (Lipinski definition) is 0. The van der Waals surface area contributed by atoms with E-state index in [9.17, 15) is 0 Å². The topological polar surface area (TPSA) is 12.9 Å². The molecular weight excluding hydrogens is 206 g/mol. The Balaban J connectivity index is 2.73. The molecule has 1 nitrogen and oxygen atoms in total. The fourth-order valence-electron chi connectivity index (χ4n) is 1.62. The van der Waals surface area contributed by atoms with Crippen LogP contribution in [-0.4, -0.2) is 4.98 Å². The molecule has 0 radical (unpaired) electrons. The molecule has 0 fully saturated rings. The molecule has 0 unspecified atom stereocenters. The predicted octanol–water partition coefficient (Wildman–Crippen LogP) is 4.19. The number of pyridine rings is 1. The third-order valence-corrected chi connectivity index (χ3v) is 2.77. The summed E-state index contributed by atoms with van der Waals surface area (Å²) < 4.78 is 0. The van der Waals surface area contributed by atoms with Gasteiger partial charge in [0.25, 0.3) is 0 Å². The molecular formula is C13H14ClN. The summed E-state index contributed by atoms with van der Waals surface area (Å²) in [5.41, 5.74) is 2.09. The number of halogens is 1. The summed E-state index contributed by atoms with van der Waals surface area (Å²) >= 11 is 6.18. The van der Waals surface area contributed by atoms with Crippen molar-refractivity contribution in [3.8, 4) is 0 Å². The zero-order valence-electron chi connectivity index (χ0n) is 9.21. The van der Waals surface area contributed by atoms with Gasteiger partial charge in [0.2, 0.25) is 0 Å². The third kappa shape index (κ3) is 1.98. The molecule has 2 heteroatoms. The van der Waals surface area contributed by atoms with E-state index in [2.05, 4.69) is 37.9 Å². The molecule has 0 N–H and O–H groups in total. The fraction of sp³-hybridized carbons (Fsp3) is 0.308. The zero-order chi connectivity index (χ0) is 11.1. The standard InChI is InChI=1S/C13H14ClN/c1-13(2,3)10-8-9-6-4-5-7-11(9)15-12(10)14/h4-8H,1-3H3.